The Morgan fingerprint density at radius 3 is 2.80 bits per heavy atom. The number of carbonyl (C=O) groups excluding carboxylic acids is 1. The average Bonchev–Trinajstić information content (AvgIpc) is 2.54. The minimum absolute atomic E-state index is 0.192. The SMILES string of the molecule is COC(=O)c1cccc2c1OC(C1CCOCC1)CC2. The lowest BCUT2D eigenvalue weighted by molar-refractivity contribution is 0.0101. The second-order valence-corrected chi connectivity index (χ2v) is 5.43. The van der Waals surface area contributed by atoms with E-state index in [1.54, 1.807) is 6.07 Å². The maximum absolute atomic E-state index is 11.8. The van der Waals surface area contributed by atoms with Gasteiger partial charge in [0.25, 0.3) is 0 Å². The van der Waals surface area contributed by atoms with E-state index in [-0.39, 0.29) is 12.1 Å². The first-order chi connectivity index (χ1) is 9.79. The predicted octanol–water partition coefficient (Wildman–Crippen LogP) is 2.59. The summed E-state index contributed by atoms with van der Waals surface area (Å²) in [6, 6.07) is 5.70. The number of hydrogen-bond acceptors (Lipinski definition) is 4. The maximum atomic E-state index is 11.8. The highest BCUT2D eigenvalue weighted by Crippen LogP contribution is 2.36. The van der Waals surface area contributed by atoms with E-state index in [1.807, 2.05) is 12.1 Å². The fourth-order valence-corrected chi connectivity index (χ4v) is 3.12. The Morgan fingerprint density at radius 2 is 2.05 bits per heavy atom. The highest BCUT2D eigenvalue weighted by molar-refractivity contribution is 5.93. The summed E-state index contributed by atoms with van der Waals surface area (Å²) in [6.45, 7) is 1.63. The van der Waals surface area contributed by atoms with Gasteiger partial charge in [-0.3, -0.25) is 0 Å². The van der Waals surface area contributed by atoms with Crippen LogP contribution >= 0.6 is 0 Å². The number of fused-ring (bicyclic) bond motifs is 1. The van der Waals surface area contributed by atoms with Crippen LogP contribution < -0.4 is 4.74 Å². The van der Waals surface area contributed by atoms with Gasteiger partial charge in [0.2, 0.25) is 0 Å². The minimum Gasteiger partial charge on any atom is -0.489 e. The van der Waals surface area contributed by atoms with Crippen LogP contribution in [0.5, 0.6) is 5.75 Å². The van der Waals surface area contributed by atoms with Crippen LogP contribution in [0.3, 0.4) is 0 Å². The lowest BCUT2D eigenvalue weighted by atomic mass is 9.87. The summed E-state index contributed by atoms with van der Waals surface area (Å²) >= 11 is 0. The quantitative estimate of drug-likeness (QED) is 0.779. The number of aryl methyl sites for hydroxylation is 1. The summed E-state index contributed by atoms with van der Waals surface area (Å²) in [7, 11) is 1.40. The topological polar surface area (TPSA) is 44.8 Å². The van der Waals surface area contributed by atoms with Crippen LogP contribution in [0, 0.1) is 5.92 Å². The van der Waals surface area contributed by atoms with Crippen molar-refractivity contribution in [1.82, 2.24) is 0 Å². The molecule has 4 nitrogen and oxygen atoms in total. The van der Waals surface area contributed by atoms with Gasteiger partial charge in [-0.15, -0.1) is 0 Å². The molecule has 2 aliphatic rings. The van der Waals surface area contributed by atoms with Crippen molar-refractivity contribution in [3.63, 3.8) is 0 Å². The van der Waals surface area contributed by atoms with Crippen molar-refractivity contribution in [2.75, 3.05) is 20.3 Å². The molecule has 1 fully saturated rings. The Balaban J connectivity index is 1.83. The molecule has 0 spiro atoms. The van der Waals surface area contributed by atoms with E-state index >= 15 is 0 Å². The molecule has 1 aromatic rings. The summed E-state index contributed by atoms with van der Waals surface area (Å²) in [6.07, 6.45) is 4.25. The van der Waals surface area contributed by atoms with Gasteiger partial charge in [-0.05, 0) is 37.3 Å². The third-order valence-corrected chi connectivity index (χ3v) is 4.26. The van der Waals surface area contributed by atoms with Crippen LogP contribution in [0.15, 0.2) is 18.2 Å². The van der Waals surface area contributed by atoms with Crippen LogP contribution in [0.4, 0.5) is 0 Å². The normalized spacial score (nSPS) is 22.8. The summed E-state index contributed by atoms with van der Waals surface area (Å²) in [5.41, 5.74) is 1.65. The summed E-state index contributed by atoms with van der Waals surface area (Å²) < 4.78 is 16.4. The average molecular weight is 276 g/mol. The number of methoxy groups -OCH3 is 1. The van der Waals surface area contributed by atoms with Gasteiger partial charge in [0, 0.05) is 19.1 Å². The third kappa shape index (κ3) is 2.52. The molecule has 108 valence electrons. The van der Waals surface area contributed by atoms with Gasteiger partial charge in [0.05, 0.1) is 7.11 Å². The fraction of sp³-hybridized carbons (Fsp3) is 0.562. The largest absolute Gasteiger partial charge is 0.489 e. The van der Waals surface area contributed by atoms with Crippen LogP contribution in [0.25, 0.3) is 0 Å². The van der Waals surface area contributed by atoms with E-state index in [2.05, 4.69) is 0 Å². The molecule has 0 aromatic heterocycles. The number of para-hydroxylation sites is 1. The zero-order valence-corrected chi connectivity index (χ0v) is 11.8. The fourth-order valence-electron chi connectivity index (χ4n) is 3.12. The van der Waals surface area contributed by atoms with Crippen molar-refractivity contribution >= 4 is 5.97 Å². The molecule has 1 saturated heterocycles. The van der Waals surface area contributed by atoms with Gasteiger partial charge in [0.1, 0.15) is 17.4 Å². The van der Waals surface area contributed by atoms with Crippen LogP contribution in [-0.4, -0.2) is 32.4 Å². The van der Waals surface area contributed by atoms with E-state index < -0.39 is 0 Å². The smallest absolute Gasteiger partial charge is 0.341 e. The third-order valence-electron chi connectivity index (χ3n) is 4.26. The standard InChI is InChI=1S/C16H20O4/c1-18-16(17)13-4-2-3-12-5-6-14(20-15(12)13)11-7-9-19-10-8-11/h2-4,11,14H,5-10H2,1H3. The Labute approximate surface area is 119 Å². The van der Waals surface area contributed by atoms with E-state index in [0.29, 0.717) is 11.5 Å². The molecular formula is C16H20O4. The predicted molar refractivity (Wildman–Crippen MR) is 74.1 cm³/mol. The van der Waals surface area contributed by atoms with Gasteiger partial charge in [-0.2, -0.15) is 0 Å². The Hall–Kier alpha value is -1.55. The minimum atomic E-state index is -0.325. The van der Waals surface area contributed by atoms with Crippen LogP contribution in [0.2, 0.25) is 0 Å². The first-order valence-electron chi connectivity index (χ1n) is 7.24. The lowest BCUT2D eigenvalue weighted by Crippen LogP contribution is -2.35. The number of esters is 1. The molecule has 20 heavy (non-hydrogen) atoms. The molecule has 4 heteroatoms. The Bertz CT molecular complexity index is 491. The van der Waals surface area contributed by atoms with Crippen molar-refractivity contribution in [3.8, 4) is 5.75 Å². The maximum Gasteiger partial charge on any atom is 0.341 e. The molecule has 1 aromatic carbocycles. The molecule has 0 aliphatic carbocycles. The zero-order valence-electron chi connectivity index (χ0n) is 11.8. The number of hydrogen-bond donors (Lipinski definition) is 0. The van der Waals surface area contributed by atoms with Crippen molar-refractivity contribution < 1.29 is 19.0 Å². The monoisotopic (exact) mass is 276 g/mol. The highest BCUT2D eigenvalue weighted by Gasteiger charge is 2.31. The molecule has 0 saturated carbocycles. The van der Waals surface area contributed by atoms with E-state index in [9.17, 15) is 4.79 Å². The molecule has 0 radical (unpaired) electrons. The van der Waals surface area contributed by atoms with Crippen molar-refractivity contribution in [3.05, 3.63) is 29.3 Å². The molecule has 2 heterocycles. The summed E-state index contributed by atoms with van der Waals surface area (Å²) in [5.74, 6) is 0.930. The van der Waals surface area contributed by atoms with E-state index in [1.165, 1.54) is 7.11 Å². The molecule has 2 aliphatic heterocycles. The second kappa shape index (κ2) is 5.83. The van der Waals surface area contributed by atoms with Crippen LogP contribution in [0.1, 0.15) is 35.2 Å². The Morgan fingerprint density at radius 1 is 1.25 bits per heavy atom. The second-order valence-electron chi connectivity index (χ2n) is 5.43. The highest BCUT2D eigenvalue weighted by atomic mass is 16.5. The van der Waals surface area contributed by atoms with Crippen molar-refractivity contribution in [2.45, 2.75) is 31.8 Å². The first kappa shape index (κ1) is 13.4. The van der Waals surface area contributed by atoms with Gasteiger partial charge in [0.15, 0.2) is 0 Å². The molecule has 0 N–H and O–H groups in total. The van der Waals surface area contributed by atoms with Gasteiger partial charge in [-0.1, -0.05) is 12.1 Å². The lowest BCUT2D eigenvalue weighted by Gasteiger charge is -2.34. The number of ether oxygens (including phenoxy) is 3. The number of rotatable bonds is 2. The molecular weight excluding hydrogens is 256 g/mol. The van der Waals surface area contributed by atoms with E-state index in [0.717, 1.165) is 50.2 Å². The number of carbonyl (C=O) groups is 1. The first-order valence-corrected chi connectivity index (χ1v) is 7.24. The van der Waals surface area contributed by atoms with Crippen molar-refractivity contribution in [1.29, 1.82) is 0 Å². The summed E-state index contributed by atoms with van der Waals surface area (Å²) in [5, 5.41) is 0. The molecule has 1 unspecified atom stereocenters. The Kier molecular flexibility index (Phi) is 3.92. The summed E-state index contributed by atoms with van der Waals surface area (Å²) in [4.78, 5) is 11.8. The van der Waals surface area contributed by atoms with E-state index in [4.69, 9.17) is 14.2 Å². The van der Waals surface area contributed by atoms with Gasteiger partial charge in [-0.25, -0.2) is 4.79 Å². The molecule has 1 atom stereocenters. The zero-order chi connectivity index (χ0) is 13.9. The number of benzene rings is 1. The molecule has 0 bridgehead atoms. The van der Waals surface area contributed by atoms with Gasteiger partial charge >= 0.3 is 5.97 Å². The molecule has 0 amide bonds. The molecule has 3 rings (SSSR count). The van der Waals surface area contributed by atoms with Crippen molar-refractivity contribution in [2.24, 2.45) is 5.92 Å². The van der Waals surface area contributed by atoms with Gasteiger partial charge < -0.3 is 14.2 Å². The van der Waals surface area contributed by atoms with Crippen LogP contribution in [-0.2, 0) is 15.9 Å².